The highest BCUT2D eigenvalue weighted by Gasteiger charge is 2.20. The number of fused-ring (bicyclic) bond motifs is 1. The normalized spacial score (nSPS) is 16.7. The fourth-order valence-electron chi connectivity index (χ4n) is 3.33. The molecule has 1 aliphatic heterocycles. The molecular weight excluding hydrogens is 298 g/mol. The van der Waals surface area contributed by atoms with Gasteiger partial charge in [0.05, 0.1) is 6.54 Å². The van der Waals surface area contributed by atoms with Crippen molar-refractivity contribution < 1.29 is 4.42 Å². The molecule has 4 heteroatoms. The molecule has 4 nitrogen and oxygen atoms in total. The average Bonchev–Trinajstić information content (AvgIpc) is 3.04. The van der Waals surface area contributed by atoms with E-state index in [9.17, 15) is 0 Å². The van der Waals surface area contributed by atoms with Gasteiger partial charge in [0, 0.05) is 25.7 Å². The van der Waals surface area contributed by atoms with Gasteiger partial charge in [-0.05, 0) is 30.5 Å². The second-order valence-electron chi connectivity index (χ2n) is 6.49. The lowest BCUT2D eigenvalue weighted by Gasteiger charge is -2.31. The van der Waals surface area contributed by atoms with Gasteiger partial charge in [0.2, 0.25) is 5.89 Å². The zero-order valence-electron chi connectivity index (χ0n) is 13.8. The molecule has 1 saturated heterocycles. The second-order valence-corrected chi connectivity index (χ2v) is 6.49. The molecule has 2 aromatic carbocycles. The number of piperidine rings is 1. The zero-order chi connectivity index (χ0) is 16.2. The van der Waals surface area contributed by atoms with Crippen LogP contribution in [0.3, 0.4) is 0 Å². The summed E-state index contributed by atoms with van der Waals surface area (Å²) in [4.78, 5) is 7.01. The summed E-state index contributed by atoms with van der Waals surface area (Å²) in [5, 5.41) is 3.68. The van der Waals surface area contributed by atoms with E-state index in [2.05, 4.69) is 45.5 Å². The molecule has 24 heavy (non-hydrogen) atoms. The van der Waals surface area contributed by atoms with Crippen LogP contribution in [0, 0.1) is 0 Å². The number of benzene rings is 2. The van der Waals surface area contributed by atoms with Crippen molar-refractivity contribution in [2.45, 2.75) is 32.0 Å². The zero-order valence-corrected chi connectivity index (χ0v) is 13.8. The van der Waals surface area contributed by atoms with Gasteiger partial charge < -0.3 is 9.73 Å². The molecule has 0 saturated carbocycles. The summed E-state index contributed by atoms with van der Waals surface area (Å²) in [6.07, 6.45) is 2.35. The van der Waals surface area contributed by atoms with Gasteiger partial charge in [-0.25, -0.2) is 4.98 Å². The number of likely N-dealkylation sites (tertiary alicyclic amines) is 1. The maximum Gasteiger partial charge on any atom is 0.209 e. The number of nitrogens with zero attached hydrogens (tertiary/aromatic N) is 2. The number of rotatable bonds is 5. The van der Waals surface area contributed by atoms with E-state index in [0.717, 1.165) is 43.2 Å². The molecule has 0 amide bonds. The van der Waals surface area contributed by atoms with Crippen LogP contribution in [0.15, 0.2) is 59.0 Å². The van der Waals surface area contributed by atoms with Gasteiger partial charge in [-0.1, -0.05) is 42.5 Å². The van der Waals surface area contributed by atoms with E-state index in [1.54, 1.807) is 0 Å². The van der Waals surface area contributed by atoms with E-state index >= 15 is 0 Å². The van der Waals surface area contributed by atoms with Crippen molar-refractivity contribution in [3.63, 3.8) is 0 Å². The Morgan fingerprint density at radius 3 is 2.54 bits per heavy atom. The van der Waals surface area contributed by atoms with Gasteiger partial charge in [0.1, 0.15) is 5.52 Å². The first-order chi connectivity index (χ1) is 11.9. The number of nitrogens with one attached hydrogen (secondary N) is 1. The molecule has 4 rings (SSSR count). The van der Waals surface area contributed by atoms with Gasteiger partial charge in [-0.15, -0.1) is 0 Å². The van der Waals surface area contributed by atoms with Crippen LogP contribution in [-0.4, -0.2) is 29.0 Å². The minimum atomic E-state index is 0.602. The maximum atomic E-state index is 5.83. The summed E-state index contributed by atoms with van der Waals surface area (Å²) < 4.78 is 5.83. The topological polar surface area (TPSA) is 41.3 Å². The molecule has 1 fully saturated rings. The Kier molecular flexibility index (Phi) is 4.58. The number of aromatic nitrogens is 1. The molecule has 0 atom stereocenters. The molecule has 0 aliphatic carbocycles. The van der Waals surface area contributed by atoms with Gasteiger partial charge >= 0.3 is 0 Å². The quantitative estimate of drug-likeness (QED) is 0.780. The van der Waals surface area contributed by atoms with Crippen molar-refractivity contribution in [2.24, 2.45) is 0 Å². The molecule has 1 aromatic heterocycles. The number of hydrogen-bond acceptors (Lipinski definition) is 4. The summed E-state index contributed by atoms with van der Waals surface area (Å²) in [5.74, 6) is 0.826. The van der Waals surface area contributed by atoms with Crippen molar-refractivity contribution in [3.05, 3.63) is 66.1 Å². The first-order valence-corrected chi connectivity index (χ1v) is 8.71. The van der Waals surface area contributed by atoms with Crippen molar-refractivity contribution in [3.8, 4) is 0 Å². The van der Waals surface area contributed by atoms with E-state index < -0.39 is 0 Å². The molecule has 124 valence electrons. The Bertz CT molecular complexity index is 743. The first-order valence-electron chi connectivity index (χ1n) is 8.71. The summed E-state index contributed by atoms with van der Waals surface area (Å²) in [5.41, 5.74) is 3.19. The van der Waals surface area contributed by atoms with Crippen LogP contribution >= 0.6 is 0 Å². The van der Waals surface area contributed by atoms with Crippen molar-refractivity contribution in [1.82, 2.24) is 15.2 Å². The number of oxazole rings is 1. The van der Waals surface area contributed by atoms with Crippen LogP contribution in [0.1, 0.15) is 24.3 Å². The molecule has 0 unspecified atom stereocenters. The monoisotopic (exact) mass is 321 g/mol. The first kappa shape index (κ1) is 15.4. The predicted octanol–water partition coefficient (Wildman–Crippen LogP) is 3.58. The molecule has 3 aromatic rings. The van der Waals surface area contributed by atoms with E-state index in [1.807, 2.05) is 24.3 Å². The van der Waals surface area contributed by atoms with Crippen LogP contribution in [0.2, 0.25) is 0 Å². The number of para-hydroxylation sites is 2. The fourth-order valence-corrected chi connectivity index (χ4v) is 3.33. The van der Waals surface area contributed by atoms with E-state index in [0.29, 0.717) is 6.04 Å². The van der Waals surface area contributed by atoms with Crippen LogP contribution < -0.4 is 5.32 Å². The lowest BCUT2D eigenvalue weighted by molar-refractivity contribution is 0.176. The van der Waals surface area contributed by atoms with Gasteiger partial charge in [0.15, 0.2) is 5.58 Å². The molecular formula is C20H23N3O. The highest BCUT2D eigenvalue weighted by molar-refractivity contribution is 5.72. The van der Waals surface area contributed by atoms with Crippen molar-refractivity contribution in [1.29, 1.82) is 0 Å². The fraction of sp³-hybridized carbons (Fsp3) is 0.350. The van der Waals surface area contributed by atoms with Crippen LogP contribution in [0.25, 0.3) is 11.1 Å². The minimum Gasteiger partial charge on any atom is -0.439 e. The van der Waals surface area contributed by atoms with Gasteiger partial charge in [0.25, 0.3) is 0 Å². The third kappa shape index (κ3) is 3.66. The lowest BCUT2D eigenvalue weighted by atomic mass is 10.0. The van der Waals surface area contributed by atoms with E-state index in [4.69, 9.17) is 4.42 Å². The minimum absolute atomic E-state index is 0.602. The summed E-state index contributed by atoms with van der Waals surface area (Å²) >= 11 is 0. The van der Waals surface area contributed by atoms with Crippen LogP contribution in [0.4, 0.5) is 0 Å². The summed E-state index contributed by atoms with van der Waals surface area (Å²) in [6.45, 7) is 3.94. The lowest BCUT2D eigenvalue weighted by Crippen LogP contribution is -2.41. The highest BCUT2D eigenvalue weighted by atomic mass is 16.3. The van der Waals surface area contributed by atoms with Crippen LogP contribution in [-0.2, 0) is 13.1 Å². The largest absolute Gasteiger partial charge is 0.439 e. The highest BCUT2D eigenvalue weighted by Crippen LogP contribution is 2.18. The second kappa shape index (κ2) is 7.16. The third-order valence-corrected chi connectivity index (χ3v) is 4.72. The summed E-state index contributed by atoms with van der Waals surface area (Å²) in [7, 11) is 0. The molecule has 1 aliphatic rings. The standard InChI is InChI=1S/C20H23N3O/c1-2-6-16(7-3-1)14-21-17-10-12-23(13-11-17)15-20-22-18-8-4-5-9-19(18)24-20/h1-9,17,21H,10-15H2. The molecule has 0 radical (unpaired) electrons. The van der Waals surface area contributed by atoms with Crippen LogP contribution in [0.5, 0.6) is 0 Å². The Labute approximate surface area is 142 Å². The number of hydrogen-bond donors (Lipinski definition) is 1. The molecule has 0 spiro atoms. The Hall–Kier alpha value is -2.17. The smallest absolute Gasteiger partial charge is 0.209 e. The predicted molar refractivity (Wildman–Crippen MR) is 95.6 cm³/mol. The maximum absolute atomic E-state index is 5.83. The molecule has 1 N–H and O–H groups in total. The van der Waals surface area contributed by atoms with Crippen molar-refractivity contribution >= 4 is 11.1 Å². The molecule has 0 bridgehead atoms. The van der Waals surface area contributed by atoms with E-state index in [-0.39, 0.29) is 0 Å². The van der Waals surface area contributed by atoms with Gasteiger partial charge in [-0.2, -0.15) is 0 Å². The van der Waals surface area contributed by atoms with Gasteiger partial charge in [-0.3, -0.25) is 4.90 Å². The Morgan fingerprint density at radius 1 is 1.00 bits per heavy atom. The molecule has 2 heterocycles. The summed E-state index contributed by atoms with van der Waals surface area (Å²) in [6, 6.07) is 19.2. The third-order valence-electron chi connectivity index (χ3n) is 4.72. The van der Waals surface area contributed by atoms with Crippen molar-refractivity contribution in [2.75, 3.05) is 13.1 Å². The Morgan fingerprint density at radius 2 is 1.75 bits per heavy atom. The van der Waals surface area contributed by atoms with E-state index in [1.165, 1.54) is 18.4 Å². The SMILES string of the molecule is c1ccc(CNC2CCN(Cc3nc4ccccc4o3)CC2)cc1. The average molecular weight is 321 g/mol. The Balaban J connectivity index is 1.27.